The van der Waals surface area contributed by atoms with E-state index in [1.807, 2.05) is 0 Å². The second-order valence-electron chi connectivity index (χ2n) is 5.95. The molecule has 3 rings (SSSR count). The highest BCUT2D eigenvalue weighted by Crippen LogP contribution is 2.30. The van der Waals surface area contributed by atoms with Crippen molar-refractivity contribution in [2.24, 2.45) is 5.92 Å². The van der Waals surface area contributed by atoms with Crippen LogP contribution in [0.1, 0.15) is 32.0 Å². The lowest BCUT2D eigenvalue weighted by molar-refractivity contribution is 0.247. The van der Waals surface area contributed by atoms with E-state index >= 15 is 0 Å². The van der Waals surface area contributed by atoms with E-state index < -0.39 is 0 Å². The van der Waals surface area contributed by atoms with Gasteiger partial charge in [-0.05, 0) is 41.1 Å². The van der Waals surface area contributed by atoms with Crippen LogP contribution in [0.25, 0.3) is 0 Å². The Kier molecular flexibility index (Phi) is 4.56. The maximum absolute atomic E-state index is 4.71. The fraction of sp³-hybridized carbons (Fsp3) is 0.733. The molecule has 4 nitrogen and oxygen atoms in total. The molecule has 1 aliphatic heterocycles. The summed E-state index contributed by atoms with van der Waals surface area (Å²) in [5, 5.41) is 0. The van der Waals surface area contributed by atoms with E-state index in [1.54, 1.807) is 0 Å². The number of rotatable bonds is 5. The zero-order valence-electron chi connectivity index (χ0n) is 12.2. The SMILES string of the molecule is CCCc1nc(Br)cc(N2CCN(CC3CC3)CC2)n1. The fourth-order valence-electron chi connectivity index (χ4n) is 2.77. The molecule has 1 aromatic heterocycles. The summed E-state index contributed by atoms with van der Waals surface area (Å²) in [7, 11) is 0. The fourth-order valence-corrected chi connectivity index (χ4v) is 3.18. The Morgan fingerprint density at radius 3 is 2.60 bits per heavy atom. The van der Waals surface area contributed by atoms with Gasteiger partial charge in [-0.25, -0.2) is 9.97 Å². The van der Waals surface area contributed by atoms with Crippen molar-refractivity contribution in [2.75, 3.05) is 37.6 Å². The van der Waals surface area contributed by atoms with Gasteiger partial charge in [0.25, 0.3) is 0 Å². The third kappa shape index (κ3) is 3.70. The topological polar surface area (TPSA) is 32.3 Å². The Labute approximate surface area is 129 Å². The minimum absolute atomic E-state index is 0.909. The van der Waals surface area contributed by atoms with Gasteiger partial charge in [-0.15, -0.1) is 0 Å². The molecule has 0 atom stereocenters. The highest BCUT2D eigenvalue weighted by molar-refractivity contribution is 9.10. The Morgan fingerprint density at radius 2 is 1.95 bits per heavy atom. The molecule has 0 aromatic carbocycles. The van der Waals surface area contributed by atoms with Crippen LogP contribution in [-0.4, -0.2) is 47.6 Å². The summed E-state index contributed by atoms with van der Waals surface area (Å²) >= 11 is 3.51. The van der Waals surface area contributed by atoms with Gasteiger partial charge in [0.1, 0.15) is 16.2 Å². The Bertz CT molecular complexity index is 453. The molecule has 0 bridgehead atoms. The normalized spacial score (nSPS) is 20.4. The van der Waals surface area contributed by atoms with Crippen LogP contribution in [0.15, 0.2) is 10.7 Å². The zero-order chi connectivity index (χ0) is 13.9. The summed E-state index contributed by atoms with van der Waals surface area (Å²) in [6, 6.07) is 2.05. The second-order valence-corrected chi connectivity index (χ2v) is 6.76. The van der Waals surface area contributed by atoms with E-state index in [1.165, 1.54) is 32.5 Å². The molecule has 2 heterocycles. The summed E-state index contributed by atoms with van der Waals surface area (Å²) in [5.74, 6) is 3.03. The largest absolute Gasteiger partial charge is 0.354 e. The minimum Gasteiger partial charge on any atom is -0.354 e. The van der Waals surface area contributed by atoms with Gasteiger partial charge >= 0.3 is 0 Å². The number of halogens is 1. The molecule has 1 saturated carbocycles. The molecule has 1 saturated heterocycles. The summed E-state index contributed by atoms with van der Waals surface area (Å²) in [4.78, 5) is 14.2. The third-order valence-electron chi connectivity index (χ3n) is 4.11. The molecule has 0 spiro atoms. The molecule has 0 amide bonds. The van der Waals surface area contributed by atoms with Crippen LogP contribution >= 0.6 is 15.9 Å². The predicted octanol–water partition coefficient (Wildman–Crippen LogP) is 2.72. The molecular weight excluding hydrogens is 316 g/mol. The van der Waals surface area contributed by atoms with E-state index in [4.69, 9.17) is 4.98 Å². The van der Waals surface area contributed by atoms with Crippen LogP contribution < -0.4 is 4.90 Å². The first-order valence-electron chi connectivity index (χ1n) is 7.75. The minimum atomic E-state index is 0.909. The average Bonchev–Trinajstić information content (AvgIpc) is 3.23. The molecule has 20 heavy (non-hydrogen) atoms. The standard InChI is InChI=1S/C15H23BrN4/c1-2-3-14-17-13(16)10-15(18-14)20-8-6-19(7-9-20)11-12-4-5-12/h10,12H,2-9,11H2,1H3. The van der Waals surface area contributed by atoms with E-state index in [9.17, 15) is 0 Å². The molecule has 2 aliphatic rings. The third-order valence-corrected chi connectivity index (χ3v) is 4.52. The summed E-state index contributed by atoms with van der Waals surface area (Å²) in [6.45, 7) is 7.98. The van der Waals surface area contributed by atoms with Crippen molar-refractivity contribution in [2.45, 2.75) is 32.6 Å². The number of aromatic nitrogens is 2. The molecule has 110 valence electrons. The van der Waals surface area contributed by atoms with Gasteiger partial charge in [-0.3, -0.25) is 4.90 Å². The smallest absolute Gasteiger partial charge is 0.133 e. The lowest BCUT2D eigenvalue weighted by Crippen LogP contribution is -2.47. The van der Waals surface area contributed by atoms with Gasteiger partial charge in [0.05, 0.1) is 0 Å². The van der Waals surface area contributed by atoms with Gasteiger partial charge in [-0.2, -0.15) is 0 Å². The molecule has 0 radical (unpaired) electrons. The predicted molar refractivity (Wildman–Crippen MR) is 85.1 cm³/mol. The number of hydrogen-bond acceptors (Lipinski definition) is 4. The number of anilines is 1. The van der Waals surface area contributed by atoms with Crippen molar-refractivity contribution < 1.29 is 0 Å². The van der Waals surface area contributed by atoms with Crippen LogP contribution in [0.4, 0.5) is 5.82 Å². The molecular formula is C15H23BrN4. The van der Waals surface area contributed by atoms with Crippen molar-refractivity contribution in [1.82, 2.24) is 14.9 Å². The number of nitrogens with zero attached hydrogens (tertiary/aromatic N) is 4. The van der Waals surface area contributed by atoms with Gasteiger partial charge in [-0.1, -0.05) is 6.92 Å². The van der Waals surface area contributed by atoms with Gasteiger partial charge < -0.3 is 4.90 Å². The molecule has 1 aromatic rings. The number of aryl methyl sites for hydroxylation is 1. The van der Waals surface area contributed by atoms with Crippen molar-refractivity contribution in [3.8, 4) is 0 Å². The van der Waals surface area contributed by atoms with Gasteiger partial charge in [0.15, 0.2) is 0 Å². The Morgan fingerprint density at radius 1 is 1.20 bits per heavy atom. The van der Waals surface area contributed by atoms with Crippen molar-refractivity contribution >= 4 is 21.7 Å². The van der Waals surface area contributed by atoms with Crippen LogP contribution in [0.3, 0.4) is 0 Å². The molecule has 0 N–H and O–H groups in total. The van der Waals surface area contributed by atoms with Crippen LogP contribution in [0, 0.1) is 5.92 Å². The summed E-state index contributed by atoms with van der Waals surface area (Å²) < 4.78 is 0.909. The van der Waals surface area contributed by atoms with Gasteiger partial charge in [0.2, 0.25) is 0 Å². The molecule has 5 heteroatoms. The van der Waals surface area contributed by atoms with Gasteiger partial charge in [0, 0.05) is 45.2 Å². The molecule has 1 aliphatic carbocycles. The number of hydrogen-bond donors (Lipinski definition) is 0. The lowest BCUT2D eigenvalue weighted by Gasteiger charge is -2.35. The Balaban J connectivity index is 1.61. The summed E-state index contributed by atoms with van der Waals surface area (Å²) in [5.41, 5.74) is 0. The Hall–Kier alpha value is -0.680. The average molecular weight is 339 g/mol. The summed E-state index contributed by atoms with van der Waals surface area (Å²) in [6.07, 6.45) is 4.93. The zero-order valence-corrected chi connectivity index (χ0v) is 13.8. The highest BCUT2D eigenvalue weighted by atomic mass is 79.9. The van der Waals surface area contributed by atoms with E-state index in [-0.39, 0.29) is 0 Å². The first-order chi connectivity index (χ1) is 9.74. The first kappa shape index (κ1) is 14.3. The maximum Gasteiger partial charge on any atom is 0.133 e. The van der Waals surface area contributed by atoms with E-state index in [2.05, 4.69) is 43.7 Å². The second kappa shape index (κ2) is 6.39. The lowest BCUT2D eigenvalue weighted by atomic mass is 10.2. The van der Waals surface area contributed by atoms with Crippen LogP contribution in [0.2, 0.25) is 0 Å². The van der Waals surface area contributed by atoms with E-state index in [0.717, 1.165) is 48.1 Å². The van der Waals surface area contributed by atoms with Crippen LogP contribution in [-0.2, 0) is 6.42 Å². The monoisotopic (exact) mass is 338 g/mol. The van der Waals surface area contributed by atoms with Crippen molar-refractivity contribution in [1.29, 1.82) is 0 Å². The maximum atomic E-state index is 4.71. The van der Waals surface area contributed by atoms with Crippen molar-refractivity contribution in [3.05, 3.63) is 16.5 Å². The van der Waals surface area contributed by atoms with Crippen LogP contribution in [0.5, 0.6) is 0 Å². The van der Waals surface area contributed by atoms with Crippen molar-refractivity contribution in [3.63, 3.8) is 0 Å². The molecule has 0 unspecified atom stereocenters. The number of piperazine rings is 1. The molecule has 2 fully saturated rings. The highest BCUT2D eigenvalue weighted by Gasteiger charge is 2.26. The quantitative estimate of drug-likeness (QED) is 0.772. The first-order valence-corrected chi connectivity index (χ1v) is 8.54. The van der Waals surface area contributed by atoms with E-state index in [0.29, 0.717) is 0 Å².